The van der Waals surface area contributed by atoms with Crippen LogP contribution in [0.25, 0.3) is 0 Å². The molecule has 32 heavy (non-hydrogen) atoms. The standard InChI is InChI=1S/C20H44N4O8/c25-13-17(29)9-21-1-2-22(10-18(30)14-26)5-6-24(12-20(32)16-28)8-7-23(4-3-21)11-19(31)15-27/h17-20,25-32H,1-16H2. The van der Waals surface area contributed by atoms with Crippen molar-refractivity contribution in [3.8, 4) is 0 Å². The van der Waals surface area contributed by atoms with E-state index in [9.17, 15) is 40.9 Å². The largest absolute Gasteiger partial charge is 0.394 e. The van der Waals surface area contributed by atoms with Crippen LogP contribution in [0.4, 0.5) is 0 Å². The minimum absolute atomic E-state index is 0.276. The van der Waals surface area contributed by atoms with Crippen molar-refractivity contribution in [2.75, 3.05) is 105 Å². The predicted molar refractivity (Wildman–Crippen MR) is 118 cm³/mol. The highest BCUT2D eigenvalue weighted by Gasteiger charge is 2.21. The van der Waals surface area contributed by atoms with Crippen molar-refractivity contribution < 1.29 is 40.9 Å². The summed E-state index contributed by atoms with van der Waals surface area (Å²) in [6, 6.07) is 0. The first-order chi connectivity index (χ1) is 15.3. The molecule has 0 radical (unpaired) electrons. The van der Waals surface area contributed by atoms with E-state index in [0.717, 1.165) is 0 Å². The number of aliphatic hydroxyl groups is 8. The molecule has 1 heterocycles. The lowest BCUT2D eigenvalue weighted by atomic mass is 10.2. The van der Waals surface area contributed by atoms with Crippen LogP contribution in [0.3, 0.4) is 0 Å². The summed E-state index contributed by atoms with van der Waals surface area (Å²) in [5, 5.41) is 76.6. The van der Waals surface area contributed by atoms with Gasteiger partial charge >= 0.3 is 0 Å². The van der Waals surface area contributed by atoms with Crippen LogP contribution in [0, 0.1) is 0 Å². The number of rotatable bonds is 12. The van der Waals surface area contributed by atoms with Gasteiger partial charge in [0.2, 0.25) is 0 Å². The summed E-state index contributed by atoms with van der Waals surface area (Å²) >= 11 is 0. The number of hydrogen-bond donors (Lipinski definition) is 8. The molecule has 0 aromatic heterocycles. The Hall–Kier alpha value is -0.480. The van der Waals surface area contributed by atoms with Crippen LogP contribution in [0.2, 0.25) is 0 Å². The maximum Gasteiger partial charge on any atom is 0.0897 e. The van der Waals surface area contributed by atoms with Gasteiger partial charge in [0.15, 0.2) is 0 Å². The van der Waals surface area contributed by atoms with E-state index in [1.165, 1.54) is 0 Å². The number of nitrogens with zero attached hydrogens (tertiary/aromatic N) is 4. The van der Waals surface area contributed by atoms with Gasteiger partial charge in [-0.15, -0.1) is 0 Å². The molecule has 12 heteroatoms. The maximum absolute atomic E-state index is 9.92. The van der Waals surface area contributed by atoms with Gasteiger partial charge in [0.1, 0.15) is 0 Å². The quantitative estimate of drug-likeness (QED) is 0.137. The highest BCUT2D eigenvalue weighted by molar-refractivity contribution is 4.76. The first-order valence-corrected chi connectivity index (χ1v) is 11.4. The lowest BCUT2D eigenvalue weighted by molar-refractivity contribution is 0.0182. The van der Waals surface area contributed by atoms with Gasteiger partial charge < -0.3 is 40.9 Å². The van der Waals surface area contributed by atoms with Gasteiger partial charge in [0.25, 0.3) is 0 Å². The van der Waals surface area contributed by atoms with E-state index >= 15 is 0 Å². The molecule has 8 N–H and O–H groups in total. The molecule has 0 aromatic carbocycles. The average molecular weight is 469 g/mol. The SMILES string of the molecule is OCC(O)CN1CCN(CC(O)CO)CCN(CC(O)CO)CCN(CC(O)CO)CC1. The van der Waals surface area contributed by atoms with E-state index in [4.69, 9.17) is 0 Å². The third-order valence-electron chi connectivity index (χ3n) is 5.65. The Balaban J connectivity index is 2.94. The van der Waals surface area contributed by atoms with E-state index in [2.05, 4.69) is 0 Å². The van der Waals surface area contributed by atoms with Crippen LogP contribution in [0.15, 0.2) is 0 Å². The van der Waals surface area contributed by atoms with Gasteiger partial charge in [-0.25, -0.2) is 0 Å². The Morgan fingerprint density at radius 2 is 0.531 bits per heavy atom. The second-order valence-electron chi connectivity index (χ2n) is 8.55. The van der Waals surface area contributed by atoms with Crippen LogP contribution in [-0.2, 0) is 0 Å². The summed E-state index contributed by atoms with van der Waals surface area (Å²) in [6.07, 6.45) is -3.53. The zero-order valence-electron chi connectivity index (χ0n) is 19.0. The lowest BCUT2D eigenvalue weighted by Crippen LogP contribution is -2.50. The summed E-state index contributed by atoms with van der Waals surface area (Å²) in [5.41, 5.74) is 0. The smallest absolute Gasteiger partial charge is 0.0897 e. The summed E-state index contributed by atoms with van der Waals surface area (Å²) in [4.78, 5) is 8.03. The Kier molecular flexibility index (Phi) is 15.7. The molecule has 0 amide bonds. The molecule has 1 aliphatic heterocycles. The summed E-state index contributed by atoms with van der Waals surface area (Å²) in [7, 11) is 0. The average Bonchev–Trinajstić information content (AvgIpc) is 2.79. The van der Waals surface area contributed by atoms with E-state index in [0.29, 0.717) is 52.4 Å². The van der Waals surface area contributed by atoms with Crippen molar-refractivity contribution >= 4 is 0 Å². The van der Waals surface area contributed by atoms with Gasteiger partial charge in [0.05, 0.1) is 50.8 Å². The van der Waals surface area contributed by atoms with E-state index < -0.39 is 24.4 Å². The van der Waals surface area contributed by atoms with Crippen LogP contribution >= 0.6 is 0 Å². The normalized spacial score (nSPS) is 23.2. The third-order valence-corrected chi connectivity index (χ3v) is 5.65. The highest BCUT2D eigenvalue weighted by Crippen LogP contribution is 2.04. The minimum Gasteiger partial charge on any atom is -0.394 e. The Labute approximate surface area is 190 Å². The number of hydrogen-bond acceptors (Lipinski definition) is 12. The van der Waals surface area contributed by atoms with Crippen LogP contribution in [0.5, 0.6) is 0 Å². The number of β-amino-alcohol motifs (C(OH)–C–C–N with tert-alkyl or cyclic N) is 4. The van der Waals surface area contributed by atoms with Gasteiger partial charge in [0, 0.05) is 78.5 Å². The maximum atomic E-state index is 9.92. The van der Waals surface area contributed by atoms with Crippen LogP contribution in [-0.4, -0.2) is 190 Å². The Bertz CT molecular complexity index is 371. The monoisotopic (exact) mass is 468 g/mol. The molecule has 1 saturated heterocycles. The lowest BCUT2D eigenvalue weighted by Gasteiger charge is -2.36. The molecule has 0 saturated carbocycles. The topological polar surface area (TPSA) is 175 Å². The van der Waals surface area contributed by atoms with Crippen LogP contribution in [0.1, 0.15) is 0 Å². The number of aliphatic hydroxyl groups excluding tert-OH is 8. The molecule has 4 atom stereocenters. The van der Waals surface area contributed by atoms with E-state index in [1.807, 2.05) is 19.6 Å². The Morgan fingerprint density at radius 1 is 0.375 bits per heavy atom. The zero-order chi connectivity index (χ0) is 23.9. The molecule has 1 rings (SSSR count). The fraction of sp³-hybridized carbons (Fsp3) is 1.00. The van der Waals surface area contributed by atoms with E-state index in [-0.39, 0.29) is 52.6 Å². The van der Waals surface area contributed by atoms with Crippen molar-refractivity contribution in [3.63, 3.8) is 0 Å². The molecule has 1 fully saturated rings. The van der Waals surface area contributed by atoms with Crippen LogP contribution < -0.4 is 0 Å². The molecule has 0 aliphatic carbocycles. The molecule has 0 spiro atoms. The second-order valence-corrected chi connectivity index (χ2v) is 8.55. The zero-order valence-corrected chi connectivity index (χ0v) is 19.0. The highest BCUT2D eigenvalue weighted by atomic mass is 16.3. The fourth-order valence-corrected chi connectivity index (χ4v) is 3.73. The van der Waals surface area contributed by atoms with Gasteiger partial charge in [-0.1, -0.05) is 0 Å². The molecular formula is C20H44N4O8. The summed E-state index contributed by atoms with van der Waals surface area (Å²) in [5.74, 6) is 0. The molecule has 0 aromatic rings. The van der Waals surface area contributed by atoms with Crippen molar-refractivity contribution in [1.82, 2.24) is 19.6 Å². The second kappa shape index (κ2) is 17.0. The molecule has 192 valence electrons. The van der Waals surface area contributed by atoms with Gasteiger partial charge in [-0.3, -0.25) is 19.6 Å². The molecular weight excluding hydrogens is 424 g/mol. The van der Waals surface area contributed by atoms with Gasteiger partial charge in [-0.05, 0) is 0 Å². The molecule has 4 unspecified atom stereocenters. The molecule has 12 nitrogen and oxygen atoms in total. The summed E-state index contributed by atoms with van der Waals surface area (Å²) in [6.45, 7) is 4.19. The predicted octanol–water partition coefficient (Wildman–Crippen LogP) is -5.38. The summed E-state index contributed by atoms with van der Waals surface area (Å²) < 4.78 is 0. The first kappa shape index (κ1) is 29.6. The van der Waals surface area contributed by atoms with E-state index in [1.54, 1.807) is 0 Å². The third kappa shape index (κ3) is 12.7. The molecule has 0 bridgehead atoms. The van der Waals surface area contributed by atoms with Crippen molar-refractivity contribution in [3.05, 3.63) is 0 Å². The van der Waals surface area contributed by atoms with Crippen molar-refractivity contribution in [1.29, 1.82) is 0 Å². The Morgan fingerprint density at radius 3 is 0.656 bits per heavy atom. The van der Waals surface area contributed by atoms with Crippen molar-refractivity contribution in [2.45, 2.75) is 24.4 Å². The minimum atomic E-state index is -0.883. The van der Waals surface area contributed by atoms with Crippen molar-refractivity contribution in [2.24, 2.45) is 0 Å². The first-order valence-electron chi connectivity index (χ1n) is 11.4. The fourth-order valence-electron chi connectivity index (χ4n) is 3.73. The molecule has 1 aliphatic rings. The van der Waals surface area contributed by atoms with Gasteiger partial charge in [-0.2, -0.15) is 0 Å².